The number of allylic oxidation sites excluding steroid dienone is 1. The average Bonchev–Trinajstić information content (AvgIpc) is 2.83. The van der Waals surface area contributed by atoms with Crippen molar-refractivity contribution in [3.05, 3.63) is 70.0 Å². The van der Waals surface area contributed by atoms with Crippen LogP contribution in [-0.4, -0.2) is 36.1 Å². The first kappa shape index (κ1) is 20.5. The van der Waals surface area contributed by atoms with E-state index in [1.807, 2.05) is 18.2 Å². The number of ether oxygens (including phenoxy) is 4. The minimum Gasteiger partial charge on any atom is -0.496 e. The number of hydrogen-bond donors (Lipinski definition) is 0. The predicted molar refractivity (Wildman–Crippen MR) is 114 cm³/mol. The lowest BCUT2D eigenvalue weighted by Crippen LogP contribution is -2.41. The number of non-ortho nitro benzene ring substituents is 1. The number of benzene rings is 2. The second-order valence-electron chi connectivity index (χ2n) is 8.20. The second kappa shape index (κ2) is 8.63. The summed E-state index contributed by atoms with van der Waals surface area (Å²) in [6, 6.07) is 11.9. The molecule has 2 aromatic rings. The second-order valence-corrected chi connectivity index (χ2v) is 8.20. The molecule has 5 rings (SSSR count). The number of nitro benzene ring substituents is 1. The van der Waals surface area contributed by atoms with Crippen molar-refractivity contribution in [2.24, 2.45) is 5.92 Å². The van der Waals surface area contributed by atoms with Gasteiger partial charge in [0.25, 0.3) is 5.69 Å². The van der Waals surface area contributed by atoms with E-state index in [-0.39, 0.29) is 29.6 Å². The quantitative estimate of drug-likeness (QED) is 0.514. The van der Waals surface area contributed by atoms with E-state index in [0.717, 1.165) is 17.5 Å². The number of nitrogens with zero attached hydrogens (tertiary/aromatic N) is 1. The molecule has 3 unspecified atom stereocenters. The zero-order valence-corrected chi connectivity index (χ0v) is 17.4. The van der Waals surface area contributed by atoms with Crippen molar-refractivity contribution in [2.75, 3.05) is 13.2 Å². The Kier molecular flexibility index (Phi) is 5.53. The highest BCUT2D eigenvalue weighted by Crippen LogP contribution is 2.39. The fraction of sp³-hybridized carbons (Fsp3) is 0.375. The molecule has 166 valence electrons. The van der Waals surface area contributed by atoms with E-state index in [9.17, 15) is 14.9 Å². The van der Waals surface area contributed by atoms with Crippen LogP contribution in [0.3, 0.4) is 0 Å². The van der Waals surface area contributed by atoms with Gasteiger partial charge in [0.2, 0.25) is 0 Å². The SMILES string of the molecule is O=C1C(c2ccc3c(c2)OCCO3)=COC2CC(OCc3ccc([N+](=O)[O-])cc3)CCC12. The number of fused-ring (bicyclic) bond motifs is 2. The Hall–Kier alpha value is -3.39. The lowest BCUT2D eigenvalue weighted by molar-refractivity contribution is -0.384. The molecule has 0 aromatic heterocycles. The molecule has 0 spiro atoms. The van der Waals surface area contributed by atoms with Gasteiger partial charge in [0.1, 0.15) is 19.3 Å². The van der Waals surface area contributed by atoms with Crippen molar-refractivity contribution in [3.63, 3.8) is 0 Å². The van der Waals surface area contributed by atoms with Crippen LogP contribution in [0.4, 0.5) is 5.69 Å². The molecule has 0 amide bonds. The Morgan fingerprint density at radius 1 is 1.03 bits per heavy atom. The summed E-state index contributed by atoms with van der Waals surface area (Å²) in [6.45, 7) is 1.38. The maximum atomic E-state index is 13.2. The lowest BCUT2D eigenvalue weighted by atomic mass is 9.78. The largest absolute Gasteiger partial charge is 0.496 e. The highest BCUT2D eigenvalue weighted by Gasteiger charge is 2.40. The molecule has 1 aliphatic carbocycles. The molecule has 2 heterocycles. The van der Waals surface area contributed by atoms with E-state index in [0.29, 0.717) is 49.7 Å². The smallest absolute Gasteiger partial charge is 0.269 e. The van der Waals surface area contributed by atoms with Crippen molar-refractivity contribution >= 4 is 17.0 Å². The van der Waals surface area contributed by atoms with Gasteiger partial charge in [0.05, 0.1) is 35.4 Å². The Morgan fingerprint density at radius 2 is 1.81 bits per heavy atom. The van der Waals surface area contributed by atoms with Gasteiger partial charge in [-0.15, -0.1) is 0 Å². The van der Waals surface area contributed by atoms with Crippen LogP contribution in [0, 0.1) is 16.0 Å². The van der Waals surface area contributed by atoms with Crippen LogP contribution >= 0.6 is 0 Å². The number of Topliss-reactive ketones (excluding diaryl/α,β-unsaturated/α-hetero) is 1. The van der Waals surface area contributed by atoms with E-state index in [4.69, 9.17) is 18.9 Å². The van der Waals surface area contributed by atoms with Crippen molar-refractivity contribution in [1.29, 1.82) is 0 Å². The summed E-state index contributed by atoms with van der Waals surface area (Å²) in [5.74, 6) is 1.23. The van der Waals surface area contributed by atoms with Crippen LogP contribution < -0.4 is 9.47 Å². The molecular formula is C24H23NO7. The minimum atomic E-state index is -0.421. The normalized spacial score (nSPS) is 24.2. The molecule has 0 N–H and O–H groups in total. The van der Waals surface area contributed by atoms with Gasteiger partial charge in [0.15, 0.2) is 17.3 Å². The molecule has 32 heavy (non-hydrogen) atoms. The molecular weight excluding hydrogens is 414 g/mol. The summed E-state index contributed by atoms with van der Waals surface area (Å²) in [5, 5.41) is 10.8. The van der Waals surface area contributed by atoms with Crippen LogP contribution in [0.15, 0.2) is 48.7 Å². The summed E-state index contributed by atoms with van der Waals surface area (Å²) < 4.78 is 23.2. The van der Waals surface area contributed by atoms with Gasteiger partial charge in [-0.25, -0.2) is 0 Å². The molecule has 0 bridgehead atoms. The van der Waals surface area contributed by atoms with E-state index >= 15 is 0 Å². The Morgan fingerprint density at radius 3 is 2.59 bits per heavy atom. The standard InChI is InChI=1S/C24H23NO7/c26-24-19-7-6-18(31-13-15-1-4-17(5-2-15)25(27)28)12-22(19)32-14-20(24)16-3-8-21-23(11-16)30-10-9-29-21/h1-5,8,11,14,18-19,22H,6-7,9-10,12-13H2. The van der Waals surface area contributed by atoms with Gasteiger partial charge in [-0.1, -0.05) is 6.07 Å². The molecule has 0 saturated heterocycles. The monoisotopic (exact) mass is 437 g/mol. The van der Waals surface area contributed by atoms with E-state index < -0.39 is 4.92 Å². The van der Waals surface area contributed by atoms with Crippen molar-refractivity contribution in [3.8, 4) is 11.5 Å². The van der Waals surface area contributed by atoms with E-state index in [1.54, 1.807) is 18.4 Å². The lowest BCUT2D eigenvalue weighted by Gasteiger charge is -2.37. The molecule has 1 saturated carbocycles. The Labute approximate surface area is 184 Å². The van der Waals surface area contributed by atoms with Gasteiger partial charge in [0, 0.05) is 18.6 Å². The first-order valence-corrected chi connectivity index (χ1v) is 10.7. The fourth-order valence-corrected chi connectivity index (χ4v) is 4.46. The Bertz CT molecular complexity index is 1060. The average molecular weight is 437 g/mol. The number of carbonyl (C=O) groups is 1. The topological polar surface area (TPSA) is 97.1 Å². The maximum absolute atomic E-state index is 13.2. The van der Waals surface area contributed by atoms with Crippen LogP contribution in [0.2, 0.25) is 0 Å². The third kappa shape index (κ3) is 4.05. The summed E-state index contributed by atoms with van der Waals surface area (Å²) in [7, 11) is 0. The van der Waals surface area contributed by atoms with Crippen molar-refractivity contribution < 1.29 is 28.7 Å². The first-order chi connectivity index (χ1) is 15.6. The molecule has 3 aliphatic rings. The highest BCUT2D eigenvalue weighted by atomic mass is 16.6. The summed E-state index contributed by atoms with van der Waals surface area (Å²) in [5.41, 5.74) is 2.27. The predicted octanol–water partition coefficient (Wildman–Crippen LogP) is 4.06. The van der Waals surface area contributed by atoms with Gasteiger partial charge >= 0.3 is 0 Å². The number of hydrogen-bond acceptors (Lipinski definition) is 7. The van der Waals surface area contributed by atoms with Crippen LogP contribution in [0.25, 0.3) is 5.57 Å². The van der Waals surface area contributed by atoms with Gasteiger partial charge in [-0.3, -0.25) is 14.9 Å². The van der Waals surface area contributed by atoms with Crippen LogP contribution in [0.1, 0.15) is 30.4 Å². The third-order valence-corrected chi connectivity index (χ3v) is 6.19. The minimum absolute atomic E-state index is 0.0246. The van der Waals surface area contributed by atoms with Gasteiger partial charge < -0.3 is 18.9 Å². The molecule has 2 aromatic carbocycles. The summed E-state index contributed by atoms with van der Waals surface area (Å²) in [6.07, 6.45) is 3.41. The first-order valence-electron chi connectivity index (χ1n) is 10.7. The molecule has 1 fully saturated rings. The molecule has 8 heteroatoms. The molecule has 0 radical (unpaired) electrons. The third-order valence-electron chi connectivity index (χ3n) is 6.19. The zero-order valence-electron chi connectivity index (χ0n) is 17.4. The van der Waals surface area contributed by atoms with Crippen molar-refractivity contribution in [2.45, 2.75) is 38.1 Å². The van der Waals surface area contributed by atoms with Gasteiger partial charge in [-0.05, 0) is 48.2 Å². The molecule has 3 atom stereocenters. The summed E-state index contributed by atoms with van der Waals surface area (Å²) >= 11 is 0. The van der Waals surface area contributed by atoms with E-state index in [2.05, 4.69) is 0 Å². The van der Waals surface area contributed by atoms with Crippen LogP contribution in [0.5, 0.6) is 11.5 Å². The number of ketones is 1. The molecule has 2 aliphatic heterocycles. The Balaban J connectivity index is 1.22. The van der Waals surface area contributed by atoms with E-state index in [1.165, 1.54) is 12.1 Å². The van der Waals surface area contributed by atoms with Crippen molar-refractivity contribution in [1.82, 2.24) is 0 Å². The number of nitro groups is 1. The highest BCUT2D eigenvalue weighted by molar-refractivity contribution is 6.22. The summed E-state index contributed by atoms with van der Waals surface area (Å²) in [4.78, 5) is 23.5. The number of rotatable bonds is 5. The van der Waals surface area contributed by atoms with Crippen LogP contribution in [-0.2, 0) is 20.9 Å². The van der Waals surface area contributed by atoms with Gasteiger partial charge in [-0.2, -0.15) is 0 Å². The molecule has 8 nitrogen and oxygen atoms in total. The maximum Gasteiger partial charge on any atom is 0.269 e. The number of carbonyl (C=O) groups excluding carboxylic acids is 1. The fourth-order valence-electron chi connectivity index (χ4n) is 4.46. The zero-order chi connectivity index (χ0) is 22.1.